The molecule has 2 saturated heterocycles. The highest BCUT2D eigenvalue weighted by molar-refractivity contribution is 9.13. The first-order valence-electron chi connectivity index (χ1n) is 15.7. The summed E-state index contributed by atoms with van der Waals surface area (Å²) in [5, 5.41) is 20.2. The maximum Gasteiger partial charge on any atom is 0.241 e. The first-order chi connectivity index (χ1) is 23.3. The monoisotopic (exact) mass is 814 g/mol. The zero-order chi connectivity index (χ0) is 35.1. The minimum absolute atomic E-state index is 0.117. The van der Waals surface area contributed by atoms with Gasteiger partial charge in [0.05, 0.1) is 45.5 Å². The van der Waals surface area contributed by atoms with Gasteiger partial charge in [-0.05, 0) is 111 Å². The van der Waals surface area contributed by atoms with E-state index in [4.69, 9.17) is 16.3 Å². The van der Waals surface area contributed by atoms with Crippen molar-refractivity contribution >= 4 is 72.8 Å². The van der Waals surface area contributed by atoms with Crippen molar-refractivity contribution in [3.05, 3.63) is 91.1 Å². The van der Waals surface area contributed by atoms with Crippen LogP contribution in [0.15, 0.2) is 69.1 Å². The number of anilines is 1. The highest BCUT2D eigenvalue weighted by Gasteiger charge is 2.68. The second-order valence-electron chi connectivity index (χ2n) is 13.1. The van der Waals surface area contributed by atoms with E-state index in [0.717, 1.165) is 22.1 Å². The lowest BCUT2D eigenvalue weighted by Gasteiger charge is -2.49. The third-order valence-corrected chi connectivity index (χ3v) is 13.2. The zero-order valence-electron chi connectivity index (χ0n) is 26.3. The van der Waals surface area contributed by atoms with Gasteiger partial charge in [0.25, 0.3) is 0 Å². The number of likely N-dealkylation sites (tertiary alicyclic amines) is 1. The fraction of sp³-hybridized carbons (Fsp3) is 0.333. The Bertz CT molecular complexity index is 1990. The van der Waals surface area contributed by atoms with E-state index < -0.39 is 52.6 Å². The van der Waals surface area contributed by atoms with Crippen LogP contribution < -0.4 is 9.64 Å². The molecule has 4 amide bonds. The average molecular weight is 817 g/mol. The van der Waals surface area contributed by atoms with Crippen LogP contribution in [0.25, 0.3) is 0 Å². The predicted molar refractivity (Wildman–Crippen MR) is 185 cm³/mol. The topological polar surface area (TPSA) is 124 Å². The van der Waals surface area contributed by atoms with E-state index in [1.54, 1.807) is 37.3 Å². The number of aromatic hydroxyl groups is 2. The van der Waals surface area contributed by atoms with Gasteiger partial charge in [0.2, 0.25) is 23.6 Å². The zero-order valence-corrected chi connectivity index (χ0v) is 30.2. The van der Waals surface area contributed by atoms with Gasteiger partial charge in [-0.2, -0.15) is 0 Å². The minimum Gasteiger partial charge on any atom is -0.508 e. The summed E-state index contributed by atoms with van der Waals surface area (Å²) in [6.45, 7) is 1.88. The Morgan fingerprint density at radius 1 is 0.980 bits per heavy atom. The van der Waals surface area contributed by atoms with Gasteiger partial charge in [-0.15, -0.1) is 0 Å². The molecule has 0 unspecified atom stereocenters. The van der Waals surface area contributed by atoms with Crippen molar-refractivity contribution in [3.63, 3.8) is 0 Å². The standard InChI is InChI=1S/C36H30Br2ClFN2O7/c1-36-23(33(46)42(35(36)48)17-5-10-25(40)24(39)13-17)14-21-19(28(36)22-15-26(49-2)31(44)30(38)29(22)37)8-9-20-27(21)34(47)41(32(20)45)12-11-16-3-6-18(43)7-4-16/h3-8,10,13,15,20-21,23,27-28,43-44H,9,11-12,14H2,1-2H3/t20-,21+,23-,27-,28+,36+/m0/s1. The van der Waals surface area contributed by atoms with E-state index in [1.165, 1.54) is 24.1 Å². The first kappa shape index (κ1) is 33.7. The number of methoxy groups -OCH3 is 1. The molecule has 2 heterocycles. The molecule has 9 nitrogen and oxygen atoms in total. The predicted octanol–water partition coefficient (Wildman–Crippen LogP) is 6.90. The molecule has 1 saturated carbocycles. The summed E-state index contributed by atoms with van der Waals surface area (Å²) in [7, 11) is 1.40. The van der Waals surface area contributed by atoms with E-state index in [0.29, 0.717) is 16.5 Å². The van der Waals surface area contributed by atoms with Crippen LogP contribution in [-0.4, -0.2) is 52.4 Å². The number of carbonyl (C=O) groups excluding carboxylic acids is 4. The van der Waals surface area contributed by atoms with Gasteiger partial charge in [-0.25, -0.2) is 9.29 Å². The molecule has 3 fully saturated rings. The molecule has 2 aliphatic heterocycles. The van der Waals surface area contributed by atoms with Gasteiger partial charge >= 0.3 is 0 Å². The van der Waals surface area contributed by atoms with Gasteiger partial charge in [0.15, 0.2) is 11.5 Å². The quantitative estimate of drug-likeness (QED) is 0.205. The molecule has 13 heteroatoms. The molecule has 6 atom stereocenters. The molecule has 49 heavy (non-hydrogen) atoms. The van der Waals surface area contributed by atoms with Gasteiger partial charge in [-0.1, -0.05) is 35.4 Å². The lowest BCUT2D eigenvalue weighted by atomic mass is 9.51. The molecule has 3 aromatic carbocycles. The van der Waals surface area contributed by atoms with Crippen LogP contribution in [0.2, 0.25) is 5.02 Å². The van der Waals surface area contributed by atoms with E-state index in [-0.39, 0.29) is 63.6 Å². The Morgan fingerprint density at radius 3 is 2.37 bits per heavy atom. The van der Waals surface area contributed by atoms with E-state index >= 15 is 0 Å². The Hall–Kier alpha value is -3.74. The number of carbonyl (C=O) groups is 4. The SMILES string of the molecule is COc1cc([C@H]2C3=CC[C@@H]4C(=O)N(CCc5ccc(O)cc5)C(=O)[C@@H]4[C@@H]3C[C@H]3C(=O)N(c4ccc(F)c(Cl)c4)C(=O)[C@@]23C)c(Br)c(Br)c1O. The van der Waals surface area contributed by atoms with Crippen molar-refractivity contribution in [2.75, 3.05) is 18.6 Å². The normalized spacial score (nSPS) is 27.6. The number of imide groups is 2. The summed E-state index contributed by atoms with van der Waals surface area (Å²) in [6, 6.07) is 11.9. The van der Waals surface area contributed by atoms with Crippen LogP contribution in [0.3, 0.4) is 0 Å². The molecule has 2 N–H and O–H groups in total. The maximum atomic E-state index is 14.7. The van der Waals surface area contributed by atoms with Crippen LogP contribution in [0, 0.1) is 34.9 Å². The molecule has 0 spiro atoms. The van der Waals surface area contributed by atoms with Gasteiger partial charge in [0, 0.05) is 16.9 Å². The molecule has 254 valence electrons. The van der Waals surface area contributed by atoms with E-state index in [2.05, 4.69) is 31.9 Å². The Labute approximate surface area is 302 Å². The molecular formula is C36H30Br2ClFN2O7. The number of rotatable bonds is 6. The van der Waals surface area contributed by atoms with Gasteiger partial charge in [-0.3, -0.25) is 24.1 Å². The second-order valence-corrected chi connectivity index (χ2v) is 15.1. The Morgan fingerprint density at radius 2 is 1.69 bits per heavy atom. The average Bonchev–Trinajstić information content (AvgIpc) is 3.44. The summed E-state index contributed by atoms with van der Waals surface area (Å²) >= 11 is 13.1. The largest absolute Gasteiger partial charge is 0.508 e. The van der Waals surface area contributed by atoms with Crippen molar-refractivity contribution < 1.29 is 38.5 Å². The van der Waals surface area contributed by atoms with Crippen LogP contribution in [0.4, 0.5) is 10.1 Å². The number of allylic oxidation sites excluding steroid dienone is 2. The number of halogens is 4. The number of hydrogen-bond acceptors (Lipinski definition) is 7. The minimum atomic E-state index is -1.39. The highest BCUT2D eigenvalue weighted by Crippen LogP contribution is 2.65. The lowest BCUT2D eigenvalue weighted by molar-refractivity contribution is -0.140. The number of fused-ring (bicyclic) bond motifs is 4. The molecule has 7 rings (SSSR count). The summed E-state index contributed by atoms with van der Waals surface area (Å²) < 4.78 is 20.4. The van der Waals surface area contributed by atoms with Crippen LogP contribution in [0.5, 0.6) is 17.2 Å². The summed E-state index contributed by atoms with van der Waals surface area (Å²) in [4.78, 5) is 59.4. The Kier molecular flexibility index (Phi) is 8.43. The Balaban J connectivity index is 1.34. The highest BCUT2D eigenvalue weighted by atomic mass is 79.9. The van der Waals surface area contributed by atoms with E-state index in [1.807, 2.05) is 6.08 Å². The fourth-order valence-electron chi connectivity index (χ4n) is 8.40. The van der Waals surface area contributed by atoms with Gasteiger partial charge < -0.3 is 14.9 Å². The molecule has 0 radical (unpaired) electrons. The number of amides is 4. The molecule has 2 aliphatic carbocycles. The molecular weight excluding hydrogens is 787 g/mol. The van der Waals surface area contributed by atoms with Crippen LogP contribution in [0.1, 0.15) is 36.8 Å². The third-order valence-electron chi connectivity index (χ3n) is 10.8. The number of ether oxygens (including phenoxy) is 1. The van der Waals surface area contributed by atoms with Crippen molar-refractivity contribution in [1.29, 1.82) is 0 Å². The van der Waals surface area contributed by atoms with Crippen molar-refractivity contribution in [1.82, 2.24) is 4.90 Å². The number of phenolic OH excluding ortho intramolecular Hbond substituents is 2. The van der Waals surface area contributed by atoms with Crippen LogP contribution in [-0.2, 0) is 25.6 Å². The number of hydrogen-bond donors (Lipinski definition) is 2. The molecule has 3 aromatic rings. The molecule has 0 bridgehead atoms. The van der Waals surface area contributed by atoms with Crippen LogP contribution >= 0.6 is 43.5 Å². The molecule has 0 aromatic heterocycles. The summed E-state index contributed by atoms with van der Waals surface area (Å²) in [5.41, 5.74) is 0.892. The summed E-state index contributed by atoms with van der Waals surface area (Å²) in [5.74, 6) is -5.89. The number of nitrogens with zero attached hydrogens (tertiary/aromatic N) is 2. The fourth-order valence-corrected chi connectivity index (χ4v) is 9.53. The second kappa shape index (κ2) is 12.2. The maximum absolute atomic E-state index is 14.7. The number of benzene rings is 3. The van der Waals surface area contributed by atoms with Crippen molar-refractivity contribution in [2.45, 2.75) is 32.1 Å². The molecule has 4 aliphatic rings. The van der Waals surface area contributed by atoms with Crippen molar-refractivity contribution in [2.24, 2.45) is 29.1 Å². The van der Waals surface area contributed by atoms with Gasteiger partial charge in [0.1, 0.15) is 11.6 Å². The first-order valence-corrected chi connectivity index (χ1v) is 17.7. The van der Waals surface area contributed by atoms with E-state index in [9.17, 15) is 33.8 Å². The summed E-state index contributed by atoms with van der Waals surface area (Å²) in [6.07, 6.45) is 2.74. The number of phenols is 2. The third kappa shape index (κ3) is 5.04. The lowest BCUT2D eigenvalue weighted by Crippen LogP contribution is -2.49. The smallest absolute Gasteiger partial charge is 0.241 e. The van der Waals surface area contributed by atoms with Crippen molar-refractivity contribution in [3.8, 4) is 17.2 Å².